The lowest BCUT2D eigenvalue weighted by molar-refractivity contribution is -0.145. The van der Waals surface area contributed by atoms with Crippen molar-refractivity contribution in [3.63, 3.8) is 0 Å². The number of hydrogen-bond donors (Lipinski definition) is 2. The number of carbonyl (C=O) groups excluding carboxylic acids is 2. The Labute approximate surface area is 119 Å². The molecule has 0 fully saturated rings. The average molecular weight is 278 g/mol. The molecular formula is C15H22N2O3. The van der Waals surface area contributed by atoms with Crippen LogP contribution < -0.4 is 11.1 Å². The second-order valence-corrected chi connectivity index (χ2v) is 4.76. The number of aryl methyl sites for hydroxylation is 1. The summed E-state index contributed by atoms with van der Waals surface area (Å²) in [7, 11) is 1.35. The van der Waals surface area contributed by atoms with Crippen LogP contribution in [0.5, 0.6) is 0 Å². The molecule has 0 radical (unpaired) electrons. The maximum atomic E-state index is 11.8. The number of nitrogens with two attached hydrogens (primary N) is 1. The molecule has 1 amide bonds. The van der Waals surface area contributed by atoms with E-state index < -0.39 is 0 Å². The maximum absolute atomic E-state index is 11.8. The first-order valence-electron chi connectivity index (χ1n) is 6.67. The molecule has 0 aromatic heterocycles. The fourth-order valence-electron chi connectivity index (χ4n) is 1.99. The third-order valence-electron chi connectivity index (χ3n) is 3.02. The van der Waals surface area contributed by atoms with Crippen molar-refractivity contribution in [1.29, 1.82) is 0 Å². The summed E-state index contributed by atoms with van der Waals surface area (Å²) in [5.41, 5.74) is 7.50. The van der Waals surface area contributed by atoms with Gasteiger partial charge in [0.25, 0.3) is 0 Å². The van der Waals surface area contributed by atoms with E-state index in [1.54, 1.807) is 0 Å². The van der Waals surface area contributed by atoms with E-state index in [2.05, 4.69) is 5.32 Å². The molecule has 1 atom stereocenters. The van der Waals surface area contributed by atoms with Gasteiger partial charge >= 0.3 is 5.97 Å². The molecule has 5 heteroatoms. The molecule has 0 saturated heterocycles. The van der Waals surface area contributed by atoms with Gasteiger partial charge in [0.1, 0.15) is 0 Å². The smallest absolute Gasteiger partial charge is 0.310 e. The van der Waals surface area contributed by atoms with Crippen molar-refractivity contribution in [3.05, 3.63) is 35.4 Å². The van der Waals surface area contributed by atoms with Crippen LogP contribution in [0.15, 0.2) is 24.3 Å². The fraction of sp³-hybridized carbons (Fsp3) is 0.467. The van der Waals surface area contributed by atoms with Crippen molar-refractivity contribution in [1.82, 2.24) is 5.32 Å². The van der Waals surface area contributed by atoms with E-state index in [9.17, 15) is 9.59 Å². The van der Waals surface area contributed by atoms with Gasteiger partial charge in [-0.15, -0.1) is 0 Å². The van der Waals surface area contributed by atoms with E-state index in [0.29, 0.717) is 13.0 Å². The lowest BCUT2D eigenvalue weighted by Gasteiger charge is -2.15. The molecule has 110 valence electrons. The Bertz CT molecular complexity index is 460. The highest BCUT2D eigenvalue weighted by atomic mass is 16.5. The first kappa shape index (κ1) is 16.2. The Morgan fingerprint density at radius 1 is 1.40 bits per heavy atom. The summed E-state index contributed by atoms with van der Waals surface area (Å²) in [5, 5.41) is 2.71. The number of rotatable bonds is 7. The van der Waals surface area contributed by atoms with Crippen LogP contribution in [0.4, 0.5) is 0 Å². The topological polar surface area (TPSA) is 81.4 Å². The van der Waals surface area contributed by atoms with E-state index in [0.717, 1.165) is 11.1 Å². The lowest BCUT2D eigenvalue weighted by atomic mass is 9.98. The third kappa shape index (κ3) is 5.40. The van der Waals surface area contributed by atoms with Crippen LogP contribution in [0.3, 0.4) is 0 Å². The van der Waals surface area contributed by atoms with Gasteiger partial charge in [-0.1, -0.05) is 29.8 Å². The van der Waals surface area contributed by atoms with Gasteiger partial charge in [0.2, 0.25) is 5.91 Å². The van der Waals surface area contributed by atoms with E-state index >= 15 is 0 Å². The lowest BCUT2D eigenvalue weighted by Crippen LogP contribution is -2.35. The number of ether oxygens (including phenoxy) is 1. The monoisotopic (exact) mass is 278 g/mol. The van der Waals surface area contributed by atoms with Gasteiger partial charge in [-0.25, -0.2) is 0 Å². The van der Waals surface area contributed by atoms with Crippen molar-refractivity contribution >= 4 is 11.9 Å². The zero-order valence-electron chi connectivity index (χ0n) is 12.0. The minimum absolute atomic E-state index is 0.148. The van der Waals surface area contributed by atoms with Crippen LogP contribution >= 0.6 is 0 Å². The van der Waals surface area contributed by atoms with Crippen molar-refractivity contribution in [2.24, 2.45) is 11.7 Å². The summed E-state index contributed by atoms with van der Waals surface area (Å²) >= 11 is 0. The van der Waals surface area contributed by atoms with Crippen LogP contribution in [0, 0.1) is 12.8 Å². The quantitative estimate of drug-likeness (QED) is 0.723. The van der Waals surface area contributed by atoms with Gasteiger partial charge in [-0.2, -0.15) is 0 Å². The highest BCUT2D eigenvalue weighted by molar-refractivity contribution is 5.78. The van der Waals surface area contributed by atoms with E-state index in [1.165, 1.54) is 7.11 Å². The van der Waals surface area contributed by atoms with E-state index in [1.807, 2.05) is 31.2 Å². The molecule has 0 aliphatic carbocycles. The van der Waals surface area contributed by atoms with Gasteiger partial charge in [-0.05, 0) is 18.9 Å². The minimum atomic E-state index is -0.386. The Kier molecular flexibility index (Phi) is 6.73. The van der Waals surface area contributed by atoms with E-state index in [4.69, 9.17) is 10.5 Å². The van der Waals surface area contributed by atoms with Gasteiger partial charge in [0.05, 0.1) is 13.0 Å². The summed E-state index contributed by atoms with van der Waals surface area (Å²) < 4.78 is 4.79. The molecule has 20 heavy (non-hydrogen) atoms. The first-order valence-corrected chi connectivity index (χ1v) is 6.67. The van der Waals surface area contributed by atoms with Crippen molar-refractivity contribution < 1.29 is 14.3 Å². The van der Waals surface area contributed by atoms with Crippen molar-refractivity contribution in [2.45, 2.75) is 19.8 Å². The Morgan fingerprint density at radius 2 is 2.15 bits per heavy atom. The van der Waals surface area contributed by atoms with Crippen molar-refractivity contribution in [3.8, 4) is 0 Å². The molecule has 5 nitrogen and oxygen atoms in total. The van der Waals surface area contributed by atoms with Crippen LogP contribution in [0.25, 0.3) is 0 Å². The first-order chi connectivity index (χ1) is 9.56. The summed E-state index contributed by atoms with van der Waals surface area (Å²) in [6.07, 6.45) is 0.801. The van der Waals surface area contributed by atoms with Gasteiger partial charge in [0, 0.05) is 19.5 Å². The summed E-state index contributed by atoms with van der Waals surface area (Å²) in [5.74, 6) is -0.853. The SMILES string of the molecule is COC(=O)C(CNC(=O)CCN)Cc1cccc(C)c1. The van der Waals surface area contributed by atoms with Gasteiger partial charge in [0.15, 0.2) is 0 Å². The predicted molar refractivity (Wildman–Crippen MR) is 77.1 cm³/mol. The summed E-state index contributed by atoms with van der Waals surface area (Å²) in [6, 6.07) is 7.94. The molecule has 0 aliphatic rings. The minimum Gasteiger partial charge on any atom is -0.469 e. The zero-order valence-corrected chi connectivity index (χ0v) is 12.0. The fourth-order valence-corrected chi connectivity index (χ4v) is 1.99. The molecule has 0 spiro atoms. The second-order valence-electron chi connectivity index (χ2n) is 4.76. The number of nitrogens with one attached hydrogen (secondary N) is 1. The number of hydrogen-bond acceptors (Lipinski definition) is 4. The standard InChI is InChI=1S/C15H22N2O3/c1-11-4-3-5-12(8-11)9-13(15(19)20-2)10-17-14(18)6-7-16/h3-5,8,13H,6-7,9-10,16H2,1-2H3,(H,17,18). The van der Waals surface area contributed by atoms with Crippen LogP contribution in [0.1, 0.15) is 17.5 Å². The van der Waals surface area contributed by atoms with Gasteiger partial charge < -0.3 is 15.8 Å². The Balaban J connectivity index is 2.65. The molecule has 0 saturated carbocycles. The molecule has 1 rings (SSSR count). The molecule has 1 aromatic carbocycles. The van der Waals surface area contributed by atoms with Gasteiger partial charge in [-0.3, -0.25) is 9.59 Å². The molecule has 3 N–H and O–H groups in total. The number of esters is 1. The molecule has 1 unspecified atom stereocenters. The van der Waals surface area contributed by atoms with Crippen LogP contribution in [-0.2, 0) is 20.7 Å². The largest absolute Gasteiger partial charge is 0.469 e. The summed E-state index contributed by atoms with van der Waals surface area (Å²) in [4.78, 5) is 23.2. The van der Waals surface area contributed by atoms with E-state index in [-0.39, 0.29) is 30.8 Å². The zero-order chi connectivity index (χ0) is 15.0. The predicted octanol–water partition coefficient (Wildman–Crippen LogP) is 0.792. The molecule has 0 bridgehead atoms. The normalized spacial score (nSPS) is 11.8. The molecule has 0 aliphatic heterocycles. The molecule has 1 aromatic rings. The highest BCUT2D eigenvalue weighted by Crippen LogP contribution is 2.12. The molecular weight excluding hydrogens is 256 g/mol. The second kappa shape index (κ2) is 8.32. The molecule has 0 heterocycles. The average Bonchev–Trinajstić information content (AvgIpc) is 2.43. The number of amides is 1. The number of benzene rings is 1. The number of carbonyl (C=O) groups is 2. The number of methoxy groups -OCH3 is 1. The van der Waals surface area contributed by atoms with Crippen molar-refractivity contribution in [2.75, 3.05) is 20.2 Å². The Morgan fingerprint density at radius 3 is 2.75 bits per heavy atom. The summed E-state index contributed by atoms with van der Waals surface area (Å²) in [6.45, 7) is 2.56. The highest BCUT2D eigenvalue weighted by Gasteiger charge is 2.20. The van der Waals surface area contributed by atoms with Crippen LogP contribution in [-0.4, -0.2) is 32.1 Å². The van der Waals surface area contributed by atoms with Crippen LogP contribution in [0.2, 0.25) is 0 Å². The maximum Gasteiger partial charge on any atom is 0.310 e. The third-order valence-corrected chi connectivity index (χ3v) is 3.02. The Hall–Kier alpha value is -1.88.